The molecule has 1 heterocycles. The second-order valence-corrected chi connectivity index (χ2v) is 4.08. The lowest BCUT2D eigenvalue weighted by Crippen LogP contribution is -2.26. The molecule has 0 aliphatic heterocycles. The second-order valence-electron chi connectivity index (χ2n) is 4.08. The van der Waals surface area contributed by atoms with Crippen LogP contribution in [-0.4, -0.2) is 5.91 Å². The van der Waals surface area contributed by atoms with Crippen molar-refractivity contribution in [3.8, 4) is 0 Å². The Hall–Kier alpha value is -2.38. The molecule has 2 rings (SSSR count). The van der Waals surface area contributed by atoms with Crippen molar-refractivity contribution < 1.29 is 31.2 Å². The predicted octanol–water partition coefficient (Wildman–Crippen LogP) is 2.83. The van der Waals surface area contributed by atoms with Gasteiger partial charge in [0, 0.05) is 5.56 Å². The molecule has 1 amide bonds. The van der Waals surface area contributed by atoms with Crippen LogP contribution in [0.2, 0.25) is 0 Å². The van der Waals surface area contributed by atoms with Crippen molar-refractivity contribution in [2.75, 3.05) is 0 Å². The largest absolute Gasteiger partial charge is 0.467 e. The van der Waals surface area contributed by atoms with Gasteiger partial charge in [-0.1, -0.05) is 0 Å². The van der Waals surface area contributed by atoms with Crippen LogP contribution in [0.4, 0.5) is 22.0 Å². The number of carbonyl (C=O) groups is 1. The highest BCUT2D eigenvalue weighted by atomic mass is 19.2. The average Bonchev–Trinajstić information content (AvgIpc) is 2.99. The van der Waals surface area contributed by atoms with Crippen molar-refractivity contribution in [3.63, 3.8) is 0 Å². The number of rotatable bonds is 4. The molecule has 0 radical (unpaired) electrons. The van der Waals surface area contributed by atoms with Crippen molar-refractivity contribution in [1.29, 1.82) is 0 Å². The van der Waals surface area contributed by atoms with Crippen molar-refractivity contribution in [2.24, 2.45) is 0 Å². The van der Waals surface area contributed by atoms with E-state index < -0.39 is 47.0 Å². The Morgan fingerprint density at radius 3 is 2.10 bits per heavy atom. The number of nitrogens with one attached hydrogen (secondary N) is 1. The van der Waals surface area contributed by atoms with Gasteiger partial charge >= 0.3 is 0 Å². The van der Waals surface area contributed by atoms with Crippen molar-refractivity contribution in [3.05, 3.63) is 58.8 Å². The molecule has 3 nitrogen and oxygen atoms in total. The van der Waals surface area contributed by atoms with E-state index in [1.165, 1.54) is 6.26 Å². The van der Waals surface area contributed by atoms with Crippen LogP contribution in [0.3, 0.4) is 0 Å². The molecule has 0 saturated heterocycles. The fourth-order valence-corrected chi connectivity index (χ4v) is 1.63. The molecule has 0 unspecified atom stereocenters. The molecule has 8 heteroatoms. The molecular weight excluding hydrogens is 297 g/mol. The number of hydrogen-bond donors (Lipinski definition) is 1. The minimum absolute atomic E-state index is 0.0682. The van der Waals surface area contributed by atoms with E-state index in [0.717, 1.165) is 0 Å². The molecule has 21 heavy (non-hydrogen) atoms. The van der Waals surface area contributed by atoms with E-state index in [9.17, 15) is 26.7 Å². The number of hydrogen-bond acceptors (Lipinski definition) is 2. The van der Waals surface area contributed by atoms with Crippen molar-refractivity contribution in [2.45, 2.75) is 13.0 Å². The lowest BCUT2D eigenvalue weighted by Gasteiger charge is -2.08. The zero-order chi connectivity index (χ0) is 15.6. The summed E-state index contributed by atoms with van der Waals surface area (Å²) < 4.78 is 70.4. The van der Waals surface area contributed by atoms with E-state index in [-0.39, 0.29) is 6.54 Å². The van der Waals surface area contributed by atoms with Gasteiger partial charge in [-0.15, -0.1) is 0 Å². The molecule has 112 valence electrons. The van der Waals surface area contributed by atoms with E-state index in [1.807, 2.05) is 0 Å². The minimum atomic E-state index is -2.26. The van der Waals surface area contributed by atoms with Crippen LogP contribution in [0, 0.1) is 29.1 Å². The van der Waals surface area contributed by atoms with E-state index >= 15 is 0 Å². The third-order valence-electron chi connectivity index (χ3n) is 2.68. The molecule has 2 aromatic rings. The molecule has 1 aromatic carbocycles. The highest BCUT2D eigenvalue weighted by molar-refractivity contribution is 5.78. The summed E-state index contributed by atoms with van der Waals surface area (Å²) in [7, 11) is 0. The summed E-state index contributed by atoms with van der Waals surface area (Å²) in [6.45, 7) is -0.0682. The highest BCUT2D eigenvalue weighted by Gasteiger charge is 2.26. The molecule has 0 aliphatic rings. The predicted molar refractivity (Wildman–Crippen MR) is 60.5 cm³/mol. The van der Waals surface area contributed by atoms with Gasteiger partial charge in [-0.25, -0.2) is 22.0 Å². The Morgan fingerprint density at radius 2 is 1.57 bits per heavy atom. The van der Waals surface area contributed by atoms with E-state index in [2.05, 4.69) is 5.32 Å². The van der Waals surface area contributed by atoms with Crippen molar-refractivity contribution >= 4 is 5.91 Å². The molecule has 1 aromatic heterocycles. The lowest BCUT2D eigenvalue weighted by molar-refractivity contribution is -0.120. The number of benzene rings is 1. The van der Waals surface area contributed by atoms with Gasteiger partial charge in [-0.2, -0.15) is 0 Å². The quantitative estimate of drug-likeness (QED) is 0.536. The molecule has 0 atom stereocenters. The third kappa shape index (κ3) is 3.04. The number of halogens is 5. The first-order valence-corrected chi connectivity index (χ1v) is 5.71. The van der Waals surface area contributed by atoms with Crippen LogP contribution < -0.4 is 5.32 Å². The van der Waals surface area contributed by atoms with Crippen LogP contribution in [0.1, 0.15) is 11.3 Å². The minimum Gasteiger partial charge on any atom is -0.467 e. The summed E-state index contributed by atoms with van der Waals surface area (Å²) in [5, 5.41) is 2.24. The Morgan fingerprint density at radius 1 is 1.00 bits per heavy atom. The standard InChI is InChI=1S/C13H8F5NO2/c14-9-7(10(15)12(17)13(18)11(9)16)4-8(20)19-5-6-2-1-3-21-6/h1-3H,4-5H2,(H,19,20). The first-order chi connectivity index (χ1) is 9.91. The number of amides is 1. The van der Waals surface area contributed by atoms with Crippen molar-refractivity contribution in [1.82, 2.24) is 5.32 Å². The van der Waals surface area contributed by atoms with Gasteiger partial charge in [0.2, 0.25) is 11.7 Å². The third-order valence-corrected chi connectivity index (χ3v) is 2.68. The van der Waals surface area contributed by atoms with E-state index in [1.54, 1.807) is 12.1 Å². The Bertz CT molecular complexity index is 641. The van der Waals surface area contributed by atoms with Crippen LogP contribution in [0.25, 0.3) is 0 Å². The van der Waals surface area contributed by atoms with Gasteiger partial charge in [0.15, 0.2) is 23.3 Å². The monoisotopic (exact) mass is 305 g/mol. The topological polar surface area (TPSA) is 42.2 Å². The van der Waals surface area contributed by atoms with Gasteiger partial charge in [-0.3, -0.25) is 4.79 Å². The highest BCUT2D eigenvalue weighted by Crippen LogP contribution is 2.23. The summed E-state index contributed by atoms with van der Waals surface area (Å²) in [6, 6.07) is 3.10. The molecular formula is C13H8F5NO2. The SMILES string of the molecule is O=C(Cc1c(F)c(F)c(F)c(F)c1F)NCc1ccco1. The zero-order valence-electron chi connectivity index (χ0n) is 10.4. The molecule has 0 aliphatic carbocycles. The molecule has 0 spiro atoms. The molecule has 0 fully saturated rings. The molecule has 0 saturated carbocycles. The van der Waals surface area contributed by atoms with Crippen LogP contribution in [0.15, 0.2) is 22.8 Å². The Labute approximate surface area is 115 Å². The summed E-state index contributed by atoms with van der Waals surface area (Å²) in [5.41, 5.74) is -1.18. The van der Waals surface area contributed by atoms with Gasteiger partial charge in [0.05, 0.1) is 19.2 Å². The van der Waals surface area contributed by atoms with Gasteiger partial charge in [0.1, 0.15) is 5.76 Å². The smallest absolute Gasteiger partial charge is 0.225 e. The fourth-order valence-electron chi connectivity index (χ4n) is 1.63. The zero-order valence-corrected chi connectivity index (χ0v) is 10.4. The second kappa shape index (κ2) is 5.94. The normalized spacial score (nSPS) is 10.7. The number of furan rings is 1. The summed E-state index contributed by atoms with van der Waals surface area (Å²) >= 11 is 0. The lowest BCUT2D eigenvalue weighted by atomic mass is 10.1. The molecule has 1 N–H and O–H groups in total. The first-order valence-electron chi connectivity index (χ1n) is 5.71. The van der Waals surface area contributed by atoms with Gasteiger partial charge in [-0.05, 0) is 12.1 Å². The van der Waals surface area contributed by atoms with Gasteiger partial charge in [0.25, 0.3) is 0 Å². The van der Waals surface area contributed by atoms with Gasteiger partial charge < -0.3 is 9.73 Å². The van der Waals surface area contributed by atoms with Crippen LogP contribution in [-0.2, 0) is 17.8 Å². The summed E-state index contributed by atoms with van der Waals surface area (Å²) in [5.74, 6) is -11.0. The maximum absolute atomic E-state index is 13.4. The number of carbonyl (C=O) groups excluding carboxylic acids is 1. The maximum atomic E-state index is 13.4. The fraction of sp³-hybridized carbons (Fsp3) is 0.154. The Balaban J connectivity index is 2.14. The van der Waals surface area contributed by atoms with E-state index in [0.29, 0.717) is 5.76 Å². The van der Waals surface area contributed by atoms with Crippen LogP contribution >= 0.6 is 0 Å². The van der Waals surface area contributed by atoms with E-state index in [4.69, 9.17) is 4.42 Å². The summed E-state index contributed by atoms with van der Waals surface area (Å²) in [4.78, 5) is 11.5. The first kappa shape index (κ1) is 15.0. The average molecular weight is 305 g/mol. The van der Waals surface area contributed by atoms with Crippen LogP contribution in [0.5, 0.6) is 0 Å². The maximum Gasteiger partial charge on any atom is 0.225 e. The Kier molecular flexibility index (Phi) is 4.25. The summed E-state index contributed by atoms with van der Waals surface area (Å²) in [6.07, 6.45) is 0.373. The molecule has 0 bridgehead atoms.